The van der Waals surface area contributed by atoms with Gasteiger partial charge in [0.25, 0.3) is 0 Å². The highest BCUT2D eigenvalue weighted by Crippen LogP contribution is 2.20. The maximum Gasteiger partial charge on any atom is 0.320 e. The number of carboxylic acids is 1. The predicted octanol–water partition coefficient (Wildman–Crippen LogP) is 1.79. The lowest BCUT2D eigenvalue weighted by Gasteiger charge is -2.09. The van der Waals surface area contributed by atoms with Crippen LogP contribution in [0.15, 0.2) is 47.4 Å². The third-order valence-corrected chi connectivity index (χ3v) is 4.27. The summed E-state index contributed by atoms with van der Waals surface area (Å²) in [5.74, 6) is -0.985. The summed E-state index contributed by atoms with van der Waals surface area (Å²) in [5.41, 5.74) is 7.70. The van der Waals surface area contributed by atoms with Crippen molar-refractivity contribution in [1.82, 2.24) is 0 Å². The van der Waals surface area contributed by atoms with E-state index >= 15 is 0 Å². The van der Waals surface area contributed by atoms with Gasteiger partial charge in [0, 0.05) is 5.69 Å². The van der Waals surface area contributed by atoms with Crippen molar-refractivity contribution in [1.29, 1.82) is 0 Å². The molecule has 2 aromatic carbocycles. The Morgan fingerprint density at radius 3 is 2.48 bits per heavy atom. The molecule has 2 aromatic rings. The van der Waals surface area contributed by atoms with Crippen LogP contribution in [0.2, 0.25) is 0 Å². The van der Waals surface area contributed by atoms with Gasteiger partial charge in [-0.25, -0.2) is 4.21 Å². The van der Waals surface area contributed by atoms with Gasteiger partial charge in [-0.2, -0.15) is 0 Å². The second-order valence-electron chi connectivity index (χ2n) is 5.22. The van der Waals surface area contributed by atoms with Gasteiger partial charge in [0.2, 0.25) is 0 Å². The van der Waals surface area contributed by atoms with Crippen molar-refractivity contribution in [3.05, 3.63) is 53.6 Å². The summed E-state index contributed by atoms with van der Waals surface area (Å²) in [7, 11) is -1.51. The monoisotopic (exact) mass is 334 g/mol. The number of rotatable bonds is 6. The zero-order valence-electron chi connectivity index (χ0n) is 12.5. The number of phenols is 1. The Labute approximate surface area is 136 Å². The van der Waals surface area contributed by atoms with Crippen molar-refractivity contribution >= 4 is 22.6 Å². The van der Waals surface area contributed by atoms with E-state index in [1.807, 2.05) is 0 Å². The van der Waals surface area contributed by atoms with E-state index in [1.54, 1.807) is 43.3 Å². The molecule has 0 amide bonds. The Morgan fingerprint density at radius 2 is 1.91 bits per heavy atom. The van der Waals surface area contributed by atoms with E-state index in [0.29, 0.717) is 10.6 Å². The first-order valence-corrected chi connectivity index (χ1v) is 8.06. The number of hydrogen-bond acceptors (Lipinski definition) is 4. The number of phenolic OH excluding ortho intramolecular Hbond substituents is 1. The molecule has 0 heterocycles. The van der Waals surface area contributed by atoms with Gasteiger partial charge in [0.1, 0.15) is 22.8 Å². The van der Waals surface area contributed by atoms with Crippen LogP contribution in [0.4, 0.5) is 5.69 Å². The summed E-state index contributed by atoms with van der Waals surface area (Å²) in [6.45, 7) is 1.81. The molecule has 0 bridgehead atoms. The van der Waals surface area contributed by atoms with E-state index in [0.717, 1.165) is 11.1 Å². The maximum absolute atomic E-state index is 12.3. The van der Waals surface area contributed by atoms with Crippen molar-refractivity contribution in [2.75, 3.05) is 4.72 Å². The lowest BCUT2D eigenvalue weighted by Crippen LogP contribution is -2.32. The number of benzene rings is 2. The van der Waals surface area contributed by atoms with E-state index in [1.165, 1.54) is 6.07 Å². The molecule has 0 saturated heterocycles. The highest BCUT2D eigenvalue weighted by molar-refractivity contribution is 7.86. The minimum Gasteiger partial charge on any atom is -0.508 e. The molecule has 0 aliphatic rings. The summed E-state index contributed by atoms with van der Waals surface area (Å²) in [4.78, 5) is 11.2. The summed E-state index contributed by atoms with van der Waals surface area (Å²) in [6.07, 6.45) is 0.227. The molecule has 0 aliphatic carbocycles. The number of aromatic hydroxyl groups is 1. The number of anilines is 1. The number of aryl methyl sites for hydroxylation is 1. The van der Waals surface area contributed by atoms with Gasteiger partial charge < -0.3 is 20.7 Å². The second kappa shape index (κ2) is 7.26. The molecule has 2 unspecified atom stereocenters. The molecule has 0 spiro atoms. The van der Waals surface area contributed by atoms with Gasteiger partial charge in [0.15, 0.2) is 0 Å². The summed E-state index contributed by atoms with van der Waals surface area (Å²) >= 11 is 0. The van der Waals surface area contributed by atoms with Crippen LogP contribution in [-0.4, -0.2) is 26.4 Å². The largest absolute Gasteiger partial charge is 0.508 e. The number of carbonyl (C=O) groups is 1. The molecule has 0 saturated carbocycles. The van der Waals surface area contributed by atoms with Crippen LogP contribution >= 0.6 is 0 Å². The Morgan fingerprint density at radius 1 is 1.26 bits per heavy atom. The normalized spacial score (nSPS) is 13.3. The molecule has 122 valence electrons. The lowest BCUT2D eigenvalue weighted by atomic mass is 10.1. The Hall–Kier alpha value is -2.38. The van der Waals surface area contributed by atoms with Gasteiger partial charge in [-0.15, -0.1) is 0 Å². The molecule has 2 atom stereocenters. The van der Waals surface area contributed by atoms with E-state index < -0.39 is 23.0 Å². The Bertz CT molecular complexity index is 711. The highest BCUT2D eigenvalue weighted by atomic mass is 32.2. The number of nitrogens with one attached hydrogen (secondary N) is 1. The van der Waals surface area contributed by atoms with Gasteiger partial charge in [-0.05, 0) is 54.8 Å². The average molecular weight is 334 g/mol. The van der Waals surface area contributed by atoms with E-state index in [9.17, 15) is 14.1 Å². The molecule has 0 aromatic heterocycles. The first-order valence-electron chi connectivity index (χ1n) is 6.91. The van der Waals surface area contributed by atoms with Crippen molar-refractivity contribution in [2.24, 2.45) is 5.73 Å². The number of aliphatic carboxylic acids is 1. The van der Waals surface area contributed by atoms with Gasteiger partial charge >= 0.3 is 5.97 Å². The van der Waals surface area contributed by atoms with Crippen LogP contribution < -0.4 is 10.5 Å². The Kier molecular flexibility index (Phi) is 5.36. The fourth-order valence-corrected chi connectivity index (χ4v) is 3.04. The van der Waals surface area contributed by atoms with Crippen LogP contribution in [0.3, 0.4) is 0 Å². The smallest absolute Gasteiger partial charge is 0.320 e. The first-order chi connectivity index (χ1) is 10.8. The molecular formula is C16H18N2O4S. The maximum atomic E-state index is 12.3. The fourth-order valence-electron chi connectivity index (χ4n) is 2.05. The van der Waals surface area contributed by atoms with E-state index in [-0.39, 0.29) is 12.2 Å². The van der Waals surface area contributed by atoms with Gasteiger partial charge in [-0.3, -0.25) is 4.79 Å². The SMILES string of the molecule is Cc1cc(O)cc(S(=O)Nc2ccc(CC(N)C(=O)O)cc2)c1. The van der Waals surface area contributed by atoms with Crippen LogP contribution in [0.5, 0.6) is 5.75 Å². The van der Waals surface area contributed by atoms with Crippen molar-refractivity contribution < 1.29 is 19.2 Å². The third kappa shape index (κ3) is 4.80. The summed E-state index contributed by atoms with van der Waals surface area (Å²) in [5, 5.41) is 18.3. The molecule has 2 rings (SSSR count). The third-order valence-electron chi connectivity index (χ3n) is 3.19. The van der Waals surface area contributed by atoms with E-state index in [4.69, 9.17) is 10.8 Å². The predicted molar refractivity (Wildman–Crippen MR) is 88.6 cm³/mol. The van der Waals surface area contributed by atoms with Crippen molar-refractivity contribution in [2.45, 2.75) is 24.3 Å². The molecule has 23 heavy (non-hydrogen) atoms. The quantitative estimate of drug-likeness (QED) is 0.643. The average Bonchev–Trinajstić information content (AvgIpc) is 2.48. The molecule has 7 heteroatoms. The minimum absolute atomic E-state index is 0.0631. The van der Waals surface area contributed by atoms with Crippen LogP contribution in [0.1, 0.15) is 11.1 Å². The van der Waals surface area contributed by atoms with Crippen LogP contribution in [0.25, 0.3) is 0 Å². The zero-order valence-corrected chi connectivity index (χ0v) is 13.3. The number of carboxylic acid groups (broad SMARTS) is 1. The fraction of sp³-hybridized carbons (Fsp3) is 0.188. The topological polar surface area (TPSA) is 113 Å². The van der Waals surface area contributed by atoms with Gasteiger partial charge in [-0.1, -0.05) is 12.1 Å². The minimum atomic E-state index is -1.51. The molecule has 6 nitrogen and oxygen atoms in total. The highest BCUT2D eigenvalue weighted by Gasteiger charge is 2.12. The standard InChI is InChI=1S/C16H18N2O4S/c1-10-6-13(19)9-14(7-10)23(22)18-12-4-2-11(3-5-12)8-15(17)16(20)21/h2-7,9,15,18-19H,8,17H2,1H3,(H,20,21). The van der Waals surface area contributed by atoms with Crippen LogP contribution in [-0.2, 0) is 22.2 Å². The zero-order chi connectivity index (χ0) is 17.0. The molecule has 0 aliphatic heterocycles. The van der Waals surface area contributed by atoms with Crippen molar-refractivity contribution in [3.63, 3.8) is 0 Å². The van der Waals surface area contributed by atoms with Gasteiger partial charge in [0.05, 0.1) is 4.90 Å². The molecule has 0 fully saturated rings. The first kappa shape index (κ1) is 17.0. The van der Waals surface area contributed by atoms with Crippen LogP contribution in [0, 0.1) is 6.92 Å². The lowest BCUT2D eigenvalue weighted by molar-refractivity contribution is -0.138. The number of nitrogens with two attached hydrogens (primary N) is 1. The molecular weight excluding hydrogens is 316 g/mol. The summed E-state index contributed by atoms with van der Waals surface area (Å²) < 4.78 is 15.1. The molecule has 0 radical (unpaired) electrons. The Balaban J connectivity index is 2.05. The van der Waals surface area contributed by atoms with E-state index in [2.05, 4.69) is 4.72 Å². The van der Waals surface area contributed by atoms with Crippen molar-refractivity contribution in [3.8, 4) is 5.75 Å². The number of hydrogen-bond donors (Lipinski definition) is 4. The molecule has 5 N–H and O–H groups in total. The summed E-state index contributed by atoms with van der Waals surface area (Å²) in [6, 6.07) is 10.7. The second-order valence-corrected chi connectivity index (χ2v) is 6.43.